The molecule has 1 aromatic heterocycles. The third-order valence-electron chi connectivity index (χ3n) is 2.58. The second kappa shape index (κ2) is 7.04. The Kier molecular flexibility index (Phi) is 5.95. The summed E-state index contributed by atoms with van der Waals surface area (Å²) in [6.07, 6.45) is 1.00. The van der Waals surface area contributed by atoms with Crippen LogP contribution in [0.1, 0.15) is 38.9 Å². The second-order valence-corrected chi connectivity index (χ2v) is 6.43. The average molecular weight is 345 g/mol. The lowest BCUT2D eigenvalue weighted by Crippen LogP contribution is -2.35. The molecule has 0 aliphatic heterocycles. The fourth-order valence-electron chi connectivity index (χ4n) is 1.50. The zero-order valence-electron chi connectivity index (χ0n) is 12.3. The summed E-state index contributed by atoms with van der Waals surface area (Å²) in [5.41, 5.74) is 0.213. The number of halogens is 1. The van der Waals surface area contributed by atoms with Crippen molar-refractivity contribution >= 4 is 22.0 Å². The van der Waals surface area contributed by atoms with Gasteiger partial charge in [0.25, 0.3) is 0 Å². The molecule has 0 aliphatic rings. The number of pyridine rings is 1. The number of hydrogen-bond donors (Lipinski definition) is 1. The van der Waals surface area contributed by atoms with E-state index in [1.807, 2.05) is 20.8 Å². The number of aliphatic hydroxyl groups is 1. The van der Waals surface area contributed by atoms with Crippen LogP contribution in [0.2, 0.25) is 0 Å². The van der Waals surface area contributed by atoms with Crippen LogP contribution in [0.4, 0.5) is 4.79 Å². The summed E-state index contributed by atoms with van der Waals surface area (Å²) in [6, 6.07) is 3.57. The van der Waals surface area contributed by atoms with Gasteiger partial charge in [-0.3, -0.25) is 0 Å². The van der Waals surface area contributed by atoms with Crippen LogP contribution in [0.5, 0.6) is 0 Å². The van der Waals surface area contributed by atoms with Crippen molar-refractivity contribution in [3.05, 3.63) is 28.5 Å². The molecule has 0 bridgehead atoms. The molecule has 0 aliphatic carbocycles. The van der Waals surface area contributed by atoms with E-state index < -0.39 is 17.8 Å². The Bertz CT molecular complexity index is 443. The molecular weight excluding hydrogens is 324 g/mol. The molecule has 1 N–H and O–H groups in total. The van der Waals surface area contributed by atoms with Gasteiger partial charge in [-0.25, -0.2) is 9.78 Å². The zero-order chi connectivity index (χ0) is 15.3. The van der Waals surface area contributed by atoms with Crippen molar-refractivity contribution in [1.82, 2.24) is 9.88 Å². The lowest BCUT2D eigenvalue weighted by molar-refractivity contribution is 0.0273. The van der Waals surface area contributed by atoms with Gasteiger partial charge in [0.05, 0.1) is 6.10 Å². The third-order valence-corrected chi connectivity index (χ3v) is 3.05. The molecule has 0 saturated heterocycles. The number of nitrogens with zero attached hydrogens (tertiary/aromatic N) is 2. The predicted octanol–water partition coefficient (Wildman–Crippen LogP) is 3.13. The first-order chi connectivity index (χ1) is 9.19. The summed E-state index contributed by atoms with van der Waals surface area (Å²) in [4.78, 5) is 17.3. The van der Waals surface area contributed by atoms with Crippen molar-refractivity contribution in [2.75, 3.05) is 13.6 Å². The van der Waals surface area contributed by atoms with Crippen LogP contribution >= 0.6 is 15.9 Å². The summed E-state index contributed by atoms with van der Waals surface area (Å²) >= 11 is 3.24. The summed E-state index contributed by atoms with van der Waals surface area (Å²) in [6.45, 7) is 5.87. The fourth-order valence-corrected chi connectivity index (χ4v) is 1.73. The maximum absolute atomic E-state index is 11.8. The Labute approximate surface area is 128 Å². The van der Waals surface area contributed by atoms with Crippen molar-refractivity contribution in [3.63, 3.8) is 0 Å². The van der Waals surface area contributed by atoms with Crippen molar-refractivity contribution < 1.29 is 14.6 Å². The van der Waals surface area contributed by atoms with Crippen molar-refractivity contribution in [1.29, 1.82) is 0 Å². The topological polar surface area (TPSA) is 62.7 Å². The quantitative estimate of drug-likeness (QED) is 0.852. The molecule has 0 saturated carbocycles. The van der Waals surface area contributed by atoms with Gasteiger partial charge in [-0.2, -0.15) is 0 Å². The van der Waals surface area contributed by atoms with E-state index in [0.29, 0.717) is 13.0 Å². The van der Waals surface area contributed by atoms with Crippen LogP contribution in [0.25, 0.3) is 0 Å². The number of carbonyl (C=O) groups is 1. The third kappa shape index (κ3) is 5.88. The van der Waals surface area contributed by atoms with Crippen LogP contribution in [0, 0.1) is 0 Å². The van der Waals surface area contributed by atoms with Gasteiger partial charge in [-0.05, 0) is 54.8 Å². The summed E-state index contributed by atoms with van der Waals surface area (Å²) in [5, 5.41) is 10.0. The minimum Gasteiger partial charge on any atom is -0.444 e. The van der Waals surface area contributed by atoms with Crippen molar-refractivity contribution in [2.24, 2.45) is 0 Å². The predicted molar refractivity (Wildman–Crippen MR) is 80.4 cm³/mol. The van der Waals surface area contributed by atoms with E-state index in [1.54, 1.807) is 25.4 Å². The van der Waals surface area contributed by atoms with Crippen LogP contribution in [-0.4, -0.2) is 40.3 Å². The minimum absolute atomic E-state index is 0.390. The molecule has 0 spiro atoms. The Morgan fingerprint density at radius 1 is 1.50 bits per heavy atom. The highest BCUT2D eigenvalue weighted by atomic mass is 79.9. The van der Waals surface area contributed by atoms with Gasteiger partial charge >= 0.3 is 6.09 Å². The molecular formula is C14H21BrN2O3. The van der Waals surface area contributed by atoms with Gasteiger partial charge in [0.1, 0.15) is 10.2 Å². The highest BCUT2D eigenvalue weighted by Gasteiger charge is 2.20. The SMILES string of the molecule is CN(CCC(O)c1ccc(Br)nc1)C(=O)OC(C)(C)C. The fraction of sp³-hybridized carbons (Fsp3) is 0.571. The van der Waals surface area contributed by atoms with Crippen LogP contribution in [0.15, 0.2) is 22.9 Å². The number of aromatic nitrogens is 1. The standard InChI is InChI=1S/C14H21BrN2O3/c1-14(2,3)20-13(19)17(4)8-7-11(18)10-5-6-12(15)16-9-10/h5-6,9,11,18H,7-8H2,1-4H3. The van der Waals surface area contributed by atoms with E-state index in [2.05, 4.69) is 20.9 Å². The summed E-state index contributed by atoms with van der Waals surface area (Å²) in [7, 11) is 1.65. The molecule has 20 heavy (non-hydrogen) atoms. The Balaban J connectivity index is 2.46. The molecule has 112 valence electrons. The van der Waals surface area contributed by atoms with Crippen LogP contribution in [0.3, 0.4) is 0 Å². The van der Waals surface area contributed by atoms with E-state index in [1.165, 1.54) is 4.90 Å². The molecule has 1 rings (SSSR count). The van der Waals surface area contributed by atoms with Gasteiger partial charge in [0, 0.05) is 19.8 Å². The normalized spacial score (nSPS) is 12.9. The lowest BCUT2D eigenvalue weighted by atomic mass is 10.1. The van der Waals surface area contributed by atoms with Crippen LogP contribution in [-0.2, 0) is 4.74 Å². The summed E-state index contributed by atoms with van der Waals surface area (Å²) < 4.78 is 5.96. The van der Waals surface area contributed by atoms with Gasteiger partial charge in [0.2, 0.25) is 0 Å². The monoisotopic (exact) mass is 344 g/mol. The highest BCUT2D eigenvalue weighted by Crippen LogP contribution is 2.18. The highest BCUT2D eigenvalue weighted by molar-refractivity contribution is 9.10. The van der Waals surface area contributed by atoms with Gasteiger partial charge < -0.3 is 14.7 Å². The molecule has 0 fully saturated rings. The molecule has 1 unspecified atom stereocenters. The maximum Gasteiger partial charge on any atom is 0.410 e. The Hall–Kier alpha value is -1.14. The lowest BCUT2D eigenvalue weighted by Gasteiger charge is -2.25. The molecule has 0 radical (unpaired) electrons. The number of ether oxygens (including phenoxy) is 1. The summed E-state index contributed by atoms with van der Waals surface area (Å²) in [5.74, 6) is 0. The Morgan fingerprint density at radius 3 is 2.65 bits per heavy atom. The number of carbonyl (C=O) groups excluding carboxylic acids is 1. The largest absolute Gasteiger partial charge is 0.444 e. The number of aliphatic hydroxyl groups excluding tert-OH is 1. The number of hydrogen-bond acceptors (Lipinski definition) is 4. The van der Waals surface area contributed by atoms with Crippen molar-refractivity contribution in [2.45, 2.75) is 38.9 Å². The molecule has 1 aromatic rings. The van der Waals surface area contributed by atoms with Gasteiger partial charge in [-0.1, -0.05) is 6.07 Å². The molecule has 1 amide bonds. The first kappa shape index (κ1) is 16.9. The van der Waals surface area contributed by atoms with E-state index >= 15 is 0 Å². The number of rotatable bonds is 4. The molecule has 1 atom stereocenters. The molecule has 6 heteroatoms. The average Bonchev–Trinajstić information content (AvgIpc) is 2.34. The maximum atomic E-state index is 11.8. The van der Waals surface area contributed by atoms with Gasteiger partial charge in [-0.15, -0.1) is 0 Å². The molecule has 1 heterocycles. The molecule has 0 aromatic carbocycles. The molecule has 5 nitrogen and oxygen atoms in total. The smallest absolute Gasteiger partial charge is 0.410 e. The van der Waals surface area contributed by atoms with E-state index in [0.717, 1.165) is 10.2 Å². The second-order valence-electron chi connectivity index (χ2n) is 5.62. The first-order valence-corrected chi connectivity index (χ1v) is 7.22. The first-order valence-electron chi connectivity index (χ1n) is 6.42. The zero-order valence-corrected chi connectivity index (χ0v) is 13.8. The Morgan fingerprint density at radius 2 is 2.15 bits per heavy atom. The van der Waals surface area contributed by atoms with Crippen molar-refractivity contribution in [3.8, 4) is 0 Å². The van der Waals surface area contributed by atoms with E-state index in [-0.39, 0.29) is 0 Å². The van der Waals surface area contributed by atoms with E-state index in [9.17, 15) is 9.90 Å². The van der Waals surface area contributed by atoms with Gasteiger partial charge in [0.15, 0.2) is 0 Å². The number of amides is 1. The van der Waals surface area contributed by atoms with Crippen LogP contribution < -0.4 is 0 Å². The van der Waals surface area contributed by atoms with E-state index in [4.69, 9.17) is 4.74 Å². The minimum atomic E-state index is -0.652.